The van der Waals surface area contributed by atoms with Gasteiger partial charge in [0, 0.05) is 13.1 Å². The van der Waals surface area contributed by atoms with Gasteiger partial charge in [-0.3, -0.25) is 4.79 Å². The summed E-state index contributed by atoms with van der Waals surface area (Å²) in [6.45, 7) is 1.04. The second-order valence-corrected chi connectivity index (χ2v) is 7.77. The number of hydrogen-bond acceptors (Lipinski definition) is 6. The Balaban J connectivity index is 1.64. The molecule has 0 bridgehead atoms. The van der Waals surface area contributed by atoms with Crippen molar-refractivity contribution in [2.75, 3.05) is 13.1 Å². The van der Waals surface area contributed by atoms with Gasteiger partial charge in [0.15, 0.2) is 0 Å². The molecule has 130 valence electrons. The molecule has 3 aromatic rings. The summed E-state index contributed by atoms with van der Waals surface area (Å²) in [7, 11) is -3.61. The minimum absolute atomic E-state index is 0.0200. The Morgan fingerprint density at radius 2 is 1.84 bits per heavy atom. The summed E-state index contributed by atoms with van der Waals surface area (Å²) in [6.07, 6.45) is 1.71. The summed E-state index contributed by atoms with van der Waals surface area (Å²) >= 11 is 0. The van der Waals surface area contributed by atoms with Gasteiger partial charge in [-0.05, 0) is 37.1 Å². The number of fused-ring (bicyclic) bond motifs is 1. The van der Waals surface area contributed by atoms with Crippen molar-refractivity contribution in [2.24, 2.45) is 0 Å². The highest BCUT2D eigenvalue weighted by atomic mass is 32.2. The quantitative estimate of drug-likeness (QED) is 0.694. The zero-order valence-electron chi connectivity index (χ0n) is 13.3. The molecule has 4 rings (SSSR count). The van der Waals surface area contributed by atoms with Crippen LogP contribution in [0.15, 0.2) is 50.7 Å². The molecule has 2 aromatic heterocycles. The van der Waals surface area contributed by atoms with Gasteiger partial charge in [0.25, 0.3) is 15.6 Å². The average Bonchev–Trinajstić information content (AvgIpc) is 3.30. The molecule has 25 heavy (non-hydrogen) atoms. The molecule has 0 unspecified atom stereocenters. The maximum atomic E-state index is 12.5. The van der Waals surface area contributed by atoms with Gasteiger partial charge in [0.05, 0.1) is 5.39 Å². The van der Waals surface area contributed by atoms with Crippen LogP contribution in [-0.2, 0) is 16.6 Å². The molecule has 1 fully saturated rings. The van der Waals surface area contributed by atoms with Crippen LogP contribution in [0.2, 0.25) is 0 Å². The fourth-order valence-corrected chi connectivity index (χ4v) is 4.36. The molecular formula is C16H16N4O4S. The van der Waals surface area contributed by atoms with Crippen molar-refractivity contribution < 1.29 is 12.8 Å². The molecule has 1 aromatic carbocycles. The van der Waals surface area contributed by atoms with Crippen LogP contribution in [0.5, 0.6) is 0 Å². The van der Waals surface area contributed by atoms with Gasteiger partial charge in [0.2, 0.25) is 5.09 Å². The first-order chi connectivity index (χ1) is 12.1. The Hall–Kier alpha value is -2.52. The van der Waals surface area contributed by atoms with E-state index in [4.69, 9.17) is 4.42 Å². The molecular weight excluding hydrogens is 344 g/mol. The van der Waals surface area contributed by atoms with Crippen LogP contribution in [0.1, 0.15) is 18.6 Å². The number of rotatable bonds is 4. The number of nitrogens with zero attached hydrogens (tertiary/aromatic N) is 4. The van der Waals surface area contributed by atoms with Crippen LogP contribution >= 0.6 is 0 Å². The Labute approximate surface area is 143 Å². The Morgan fingerprint density at radius 3 is 2.64 bits per heavy atom. The van der Waals surface area contributed by atoms with Gasteiger partial charge in [-0.25, -0.2) is 13.1 Å². The minimum Gasteiger partial charge on any atom is -0.446 e. The van der Waals surface area contributed by atoms with Crippen LogP contribution in [-0.4, -0.2) is 40.8 Å². The largest absolute Gasteiger partial charge is 0.446 e. The van der Waals surface area contributed by atoms with E-state index in [-0.39, 0.29) is 17.2 Å². The SMILES string of the molecule is O=c1c2ccccc2nnn1Cc1ccc(S(=O)(=O)N2CCCC2)o1. The lowest BCUT2D eigenvalue weighted by Gasteiger charge is -2.12. The average molecular weight is 360 g/mol. The van der Waals surface area contributed by atoms with Gasteiger partial charge in [0.1, 0.15) is 17.8 Å². The number of sulfonamides is 1. The summed E-state index contributed by atoms with van der Waals surface area (Å²) in [5.74, 6) is 0.337. The van der Waals surface area contributed by atoms with Crippen LogP contribution in [0, 0.1) is 0 Å². The molecule has 1 aliphatic rings. The van der Waals surface area contributed by atoms with E-state index in [9.17, 15) is 13.2 Å². The Bertz CT molecular complexity index is 1080. The van der Waals surface area contributed by atoms with E-state index in [1.165, 1.54) is 10.4 Å². The molecule has 0 N–H and O–H groups in total. The summed E-state index contributed by atoms with van der Waals surface area (Å²) in [4.78, 5) is 12.4. The van der Waals surface area contributed by atoms with E-state index in [0.29, 0.717) is 29.8 Å². The molecule has 0 spiro atoms. The molecule has 0 atom stereocenters. The van der Waals surface area contributed by atoms with Crippen molar-refractivity contribution in [2.45, 2.75) is 24.5 Å². The number of hydrogen-bond donors (Lipinski definition) is 0. The molecule has 8 nitrogen and oxygen atoms in total. The predicted molar refractivity (Wildman–Crippen MR) is 89.6 cm³/mol. The van der Waals surface area contributed by atoms with Crippen molar-refractivity contribution >= 4 is 20.9 Å². The molecule has 0 radical (unpaired) electrons. The molecule has 1 saturated heterocycles. The number of benzene rings is 1. The zero-order chi connectivity index (χ0) is 17.4. The zero-order valence-corrected chi connectivity index (χ0v) is 14.1. The standard InChI is InChI=1S/C16H16N4O4S/c21-16-13-5-1-2-6-14(13)17-18-20(16)11-12-7-8-15(24-12)25(22,23)19-9-3-4-10-19/h1-2,5-8H,3-4,9-11H2. The summed E-state index contributed by atoms with van der Waals surface area (Å²) in [5, 5.41) is 8.23. The van der Waals surface area contributed by atoms with Crippen molar-refractivity contribution in [1.82, 2.24) is 19.3 Å². The molecule has 0 saturated carbocycles. The third-order valence-corrected chi connectivity index (χ3v) is 6.00. The van der Waals surface area contributed by atoms with E-state index >= 15 is 0 Å². The monoisotopic (exact) mass is 360 g/mol. The van der Waals surface area contributed by atoms with Crippen molar-refractivity contribution in [3.8, 4) is 0 Å². The maximum absolute atomic E-state index is 12.5. The molecule has 9 heteroatoms. The normalized spacial score (nSPS) is 15.8. The topological polar surface area (TPSA) is 98.3 Å². The molecule has 1 aliphatic heterocycles. The second kappa shape index (κ2) is 6.08. The molecule has 0 amide bonds. The predicted octanol–water partition coefficient (Wildman–Crippen LogP) is 1.22. The highest BCUT2D eigenvalue weighted by molar-refractivity contribution is 7.89. The van der Waals surface area contributed by atoms with Crippen LogP contribution in [0.4, 0.5) is 0 Å². The first-order valence-electron chi connectivity index (χ1n) is 7.97. The summed E-state index contributed by atoms with van der Waals surface area (Å²) in [5.41, 5.74) is 0.214. The Morgan fingerprint density at radius 1 is 1.08 bits per heavy atom. The number of furan rings is 1. The molecule has 0 aliphatic carbocycles. The van der Waals surface area contributed by atoms with Crippen molar-refractivity contribution in [1.29, 1.82) is 0 Å². The van der Waals surface area contributed by atoms with Crippen LogP contribution in [0.3, 0.4) is 0 Å². The Kier molecular flexibility index (Phi) is 3.89. The third kappa shape index (κ3) is 2.85. The van der Waals surface area contributed by atoms with E-state index in [2.05, 4.69) is 10.3 Å². The highest BCUT2D eigenvalue weighted by Crippen LogP contribution is 2.22. The fourth-order valence-electron chi connectivity index (χ4n) is 2.91. The van der Waals surface area contributed by atoms with Gasteiger partial charge >= 0.3 is 0 Å². The van der Waals surface area contributed by atoms with E-state index < -0.39 is 10.0 Å². The van der Waals surface area contributed by atoms with Gasteiger partial charge in [-0.2, -0.15) is 4.31 Å². The smallest absolute Gasteiger partial charge is 0.278 e. The molecule has 3 heterocycles. The highest BCUT2D eigenvalue weighted by Gasteiger charge is 2.30. The lowest BCUT2D eigenvalue weighted by atomic mass is 10.2. The first-order valence-corrected chi connectivity index (χ1v) is 9.41. The lowest BCUT2D eigenvalue weighted by molar-refractivity contribution is 0.376. The maximum Gasteiger partial charge on any atom is 0.278 e. The van der Waals surface area contributed by atoms with Crippen molar-refractivity contribution in [3.63, 3.8) is 0 Å². The number of aromatic nitrogens is 3. The van der Waals surface area contributed by atoms with E-state index in [1.54, 1.807) is 30.3 Å². The van der Waals surface area contributed by atoms with Gasteiger partial charge in [-0.15, -0.1) is 5.10 Å². The van der Waals surface area contributed by atoms with Crippen LogP contribution < -0.4 is 5.56 Å². The lowest BCUT2D eigenvalue weighted by Crippen LogP contribution is -2.27. The van der Waals surface area contributed by atoms with Crippen molar-refractivity contribution in [3.05, 3.63) is 52.5 Å². The van der Waals surface area contributed by atoms with E-state index in [0.717, 1.165) is 17.5 Å². The van der Waals surface area contributed by atoms with E-state index in [1.807, 2.05) is 0 Å². The third-order valence-electron chi connectivity index (χ3n) is 4.23. The van der Waals surface area contributed by atoms with Gasteiger partial charge in [-0.1, -0.05) is 17.3 Å². The van der Waals surface area contributed by atoms with Gasteiger partial charge < -0.3 is 4.42 Å². The first kappa shape index (κ1) is 16.0. The van der Waals surface area contributed by atoms with Crippen LogP contribution in [0.25, 0.3) is 10.9 Å². The fraction of sp³-hybridized carbons (Fsp3) is 0.312. The summed E-state index contributed by atoms with van der Waals surface area (Å²) in [6, 6.07) is 9.89. The summed E-state index contributed by atoms with van der Waals surface area (Å²) < 4.78 is 33.0. The second-order valence-electron chi connectivity index (χ2n) is 5.90. The minimum atomic E-state index is -3.61.